The minimum atomic E-state index is -3.83. The van der Waals surface area contributed by atoms with Crippen LogP contribution in [0.4, 0.5) is 0 Å². The number of primary sulfonamides is 1. The van der Waals surface area contributed by atoms with Gasteiger partial charge in [0.05, 0.1) is 0 Å². The molecule has 0 fully saturated rings. The molecule has 112 valence electrons. The lowest BCUT2D eigenvalue weighted by molar-refractivity contribution is 0.295. The van der Waals surface area contributed by atoms with Crippen LogP contribution in [-0.2, 0) is 16.6 Å². The highest BCUT2D eigenvalue weighted by atomic mass is 79.9. The SMILES string of the molecule is Cc1cc(C)c(OCc2cccc(Br)c2)c(S(N)(=O)=O)c1. The Kier molecular flexibility index (Phi) is 4.70. The van der Waals surface area contributed by atoms with Crippen molar-refractivity contribution in [1.82, 2.24) is 0 Å². The van der Waals surface area contributed by atoms with E-state index in [4.69, 9.17) is 9.88 Å². The van der Waals surface area contributed by atoms with Crippen LogP contribution >= 0.6 is 15.9 Å². The first-order chi connectivity index (χ1) is 9.77. The summed E-state index contributed by atoms with van der Waals surface area (Å²) in [4.78, 5) is 0.0231. The molecule has 2 aromatic carbocycles. The third-order valence-electron chi connectivity index (χ3n) is 2.96. The smallest absolute Gasteiger partial charge is 0.241 e. The molecule has 0 saturated heterocycles. The molecular formula is C15H16BrNO3S. The maximum atomic E-state index is 11.7. The molecule has 0 aromatic heterocycles. The Bertz CT molecular complexity index is 772. The zero-order valence-corrected chi connectivity index (χ0v) is 14.2. The Balaban J connectivity index is 2.36. The van der Waals surface area contributed by atoms with Crippen molar-refractivity contribution in [3.05, 3.63) is 57.6 Å². The van der Waals surface area contributed by atoms with Crippen LogP contribution in [-0.4, -0.2) is 8.42 Å². The Morgan fingerprint density at radius 2 is 1.90 bits per heavy atom. The fraction of sp³-hybridized carbons (Fsp3) is 0.200. The van der Waals surface area contributed by atoms with Crippen LogP contribution in [0.2, 0.25) is 0 Å². The van der Waals surface area contributed by atoms with E-state index in [1.807, 2.05) is 37.3 Å². The average molecular weight is 370 g/mol. The number of nitrogens with two attached hydrogens (primary N) is 1. The second-order valence-electron chi connectivity index (χ2n) is 4.87. The van der Waals surface area contributed by atoms with Crippen molar-refractivity contribution < 1.29 is 13.2 Å². The van der Waals surface area contributed by atoms with Gasteiger partial charge in [0.2, 0.25) is 10.0 Å². The molecule has 2 N–H and O–H groups in total. The van der Waals surface area contributed by atoms with Crippen molar-refractivity contribution in [2.24, 2.45) is 5.14 Å². The summed E-state index contributed by atoms with van der Waals surface area (Å²) in [5.74, 6) is 0.308. The largest absolute Gasteiger partial charge is 0.487 e. The van der Waals surface area contributed by atoms with E-state index in [0.29, 0.717) is 5.75 Å². The maximum absolute atomic E-state index is 11.7. The fourth-order valence-electron chi connectivity index (χ4n) is 2.09. The molecule has 0 aliphatic rings. The molecule has 0 radical (unpaired) electrons. The lowest BCUT2D eigenvalue weighted by Crippen LogP contribution is -2.15. The van der Waals surface area contributed by atoms with E-state index in [9.17, 15) is 8.42 Å². The highest BCUT2D eigenvalue weighted by Gasteiger charge is 2.18. The van der Waals surface area contributed by atoms with Crippen molar-refractivity contribution in [2.45, 2.75) is 25.3 Å². The molecule has 0 aliphatic carbocycles. The molecule has 0 atom stereocenters. The monoisotopic (exact) mass is 369 g/mol. The normalized spacial score (nSPS) is 11.4. The molecule has 0 unspecified atom stereocenters. The standard InChI is InChI=1S/C15H16BrNO3S/c1-10-6-11(2)15(14(7-10)21(17,18)19)20-9-12-4-3-5-13(16)8-12/h3-8H,9H2,1-2H3,(H2,17,18,19). The first-order valence-corrected chi connectivity index (χ1v) is 8.62. The molecule has 21 heavy (non-hydrogen) atoms. The number of hydrogen-bond acceptors (Lipinski definition) is 3. The molecule has 0 saturated carbocycles. The minimum absolute atomic E-state index is 0.0231. The van der Waals surface area contributed by atoms with Gasteiger partial charge in [0.15, 0.2) is 0 Å². The van der Waals surface area contributed by atoms with Crippen molar-refractivity contribution >= 4 is 26.0 Å². The number of rotatable bonds is 4. The van der Waals surface area contributed by atoms with Gasteiger partial charge in [-0.05, 0) is 48.7 Å². The third kappa shape index (κ3) is 4.06. The second-order valence-corrected chi connectivity index (χ2v) is 7.32. The second kappa shape index (κ2) is 6.17. The average Bonchev–Trinajstić information content (AvgIpc) is 2.36. The van der Waals surface area contributed by atoms with Crippen molar-refractivity contribution in [3.8, 4) is 5.75 Å². The zero-order valence-electron chi connectivity index (χ0n) is 11.8. The summed E-state index contributed by atoms with van der Waals surface area (Å²) < 4.78 is 30.1. The topological polar surface area (TPSA) is 69.4 Å². The molecule has 0 amide bonds. The van der Waals surface area contributed by atoms with Gasteiger partial charge >= 0.3 is 0 Å². The van der Waals surface area contributed by atoms with Gasteiger partial charge in [0.1, 0.15) is 17.3 Å². The van der Waals surface area contributed by atoms with E-state index in [1.165, 1.54) is 6.07 Å². The maximum Gasteiger partial charge on any atom is 0.241 e. The molecule has 0 aliphatic heterocycles. The van der Waals surface area contributed by atoms with Gasteiger partial charge in [-0.3, -0.25) is 0 Å². The van der Waals surface area contributed by atoms with Crippen LogP contribution in [0.1, 0.15) is 16.7 Å². The number of halogens is 1. The fourth-order valence-corrected chi connectivity index (χ4v) is 3.37. The summed E-state index contributed by atoms with van der Waals surface area (Å²) in [6, 6.07) is 11.0. The summed E-state index contributed by atoms with van der Waals surface area (Å²) in [6.07, 6.45) is 0. The number of sulfonamides is 1. The molecule has 4 nitrogen and oxygen atoms in total. The van der Waals surface area contributed by atoms with Gasteiger partial charge in [0, 0.05) is 4.47 Å². The van der Waals surface area contributed by atoms with Crippen LogP contribution in [0.5, 0.6) is 5.75 Å². The summed E-state index contributed by atoms with van der Waals surface area (Å²) >= 11 is 3.39. The van der Waals surface area contributed by atoms with Gasteiger partial charge < -0.3 is 4.74 Å². The van der Waals surface area contributed by atoms with Gasteiger partial charge in [-0.15, -0.1) is 0 Å². The van der Waals surface area contributed by atoms with Crippen LogP contribution in [0.25, 0.3) is 0 Å². The van der Waals surface area contributed by atoms with Gasteiger partial charge in [-0.2, -0.15) is 0 Å². The first kappa shape index (κ1) is 16.0. The van der Waals surface area contributed by atoms with E-state index in [2.05, 4.69) is 15.9 Å². The summed E-state index contributed by atoms with van der Waals surface area (Å²) in [5.41, 5.74) is 2.50. The number of benzene rings is 2. The van der Waals surface area contributed by atoms with Gasteiger partial charge in [-0.1, -0.05) is 34.1 Å². The summed E-state index contributed by atoms with van der Waals surface area (Å²) in [6.45, 7) is 3.89. The van der Waals surface area contributed by atoms with Gasteiger partial charge in [0.25, 0.3) is 0 Å². The molecule has 6 heteroatoms. The number of ether oxygens (including phenoxy) is 1. The van der Waals surface area contributed by atoms with Crippen LogP contribution < -0.4 is 9.88 Å². The highest BCUT2D eigenvalue weighted by Crippen LogP contribution is 2.29. The predicted molar refractivity (Wildman–Crippen MR) is 85.8 cm³/mol. The van der Waals surface area contributed by atoms with E-state index >= 15 is 0 Å². The van der Waals surface area contributed by atoms with E-state index < -0.39 is 10.0 Å². The first-order valence-electron chi connectivity index (χ1n) is 6.28. The number of hydrogen-bond donors (Lipinski definition) is 1. The van der Waals surface area contributed by atoms with Crippen LogP contribution in [0, 0.1) is 13.8 Å². The highest BCUT2D eigenvalue weighted by molar-refractivity contribution is 9.10. The Morgan fingerprint density at radius 3 is 2.52 bits per heavy atom. The van der Waals surface area contributed by atoms with Crippen LogP contribution in [0.15, 0.2) is 45.8 Å². The van der Waals surface area contributed by atoms with E-state index in [1.54, 1.807) is 6.92 Å². The number of aryl methyl sites for hydroxylation is 2. The zero-order chi connectivity index (χ0) is 15.6. The van der Waals surface area contributed by atoms with Crippen LogP contribution in [0.3, 0.4) is 0 Å². The molecule has 0 heterocycles. The van der Waals surface area contributed by atoms with Crippen molar-refractivity contribution in [2.75, 3.05) is 0 Å². The Labute approximate surface area is 133 Å². The van der Waals surface area contributed by atoms with Crippen molar-refractivity contribution in [3.63, 3.8) is 0 Å². The quantitative estimate of drug-likeness (QED) is 0.898. The van der Waals surface area contributed by atoms with E-state index in [0.717, 1.165) is 21.2 Å². The minimum Gasteiger partial charge on any atom is -0.487 e. The summed E-state index contributed by atoms with van der Waals surface area (Å²) in [7, 11) is -3.83. The molecular weight excluding hydrogens is 354 g/mol. The Hall–Kier alpha value is -1.37. The van der Waals surface area contributed by atoms with E-state index in [-0.39, 0.29) is 11.5 Å². The lowest BCUT2D eigenvalue weighted by atomic mass is 10.1. The molecule has 2 rings (SSSR count). The lowest BCUT2D eigenvalue weighted by Gasteiger charge is -2.14. The predicted octanol–water partition coefficient (Wildman–Crippen LogP) is 3.29. The molecule has 0 spiro atoms. The van der Waals surface area contributed by atoms with Crippen molar-refractivity contribution in [1.29, 1.82) is 0 Å². The Morgan fingerprint density at radius 1 is 1.19 bits per heavy atom. The van der Waals surface area contributed by atoms with Gasteiger partial charge in [-0.25, -0.2) is 13.6 Å². The summed E-state index contributed by atoms with van der Waals surface area (Å²) in [5, 5.41) is 5.27. The third-order valence-corrected chi connectivity index (χ3v) is 4.37. The molecule has 2 aromatic rings. The molecule has 0 bridgehead atoms.